The lowest BCUT2D eigenvalue weighted by atomic mass is 10.2. The Morgan fingerprint density at radius 1 is 1.12 bits per heavy atom. The van der Waals surface area contributed by atoms with E-state index in [4.69, 9.17) is 0 Å². The van der Waals surface area contributed by atoms with Gasteiger partial charge in [-0.25, -0.2) is 0 Å². The van der Waals surface area contributed by atoms with Crippen LogP contribution in [0.5, 0.6) is 0 Å². The zero-order valence-corrected chi connectivity index (χ0v) is 11.6. The summed E-state index contributed by atoms with van der Waals surface area (Å²) in [5, 5.41) is 1.48. The summed E-state index contributed by atoms with van der Waals surface area (Å²) in [7, 11) is 0. The van der Waals surface area contributed by atoms with E-state index in [0.29, 0.717) is 12.0 Å². The summed E-state index contributed by atoms with van der Waals surface area (Å²) in [6.07, 6.45) is 0. The maximum atomic E-state index is 2.48. The second kappa shape index (κ2) is 4.17. The van der Waals surface area contributed by atoms with Crippen LogP contribution in [0.3, 0.4) is 0 Å². The van der Waals surface area contributed by atoms with Gasteiger partial charge in [0, 0.05) is 12.0 Å². The van der Waals surface area contributed by atoms with Crippen LogP contribution in [0, 0.1) is 6.92 Å². The Balaban J connectivity index is 2.77. The van der Waals surface area contributed by atoms with E-state index in [1.165, 1.54) is 20.8 Å². The van der Waals surface area contributed by atoms with Crippen molar-refractivity contribution in [2.24, 2.45) is 0 Å². The van der Waals surface area contributed by atoms with Crippen molar-refractivity contribution in [3.63, 3.8) is 0 Å². The Morgan fingerprint density at radius 3 is 2.38 bits per heavy atom. The molecule has 1 heterocycles. The first kappa shape index (κ1) is 11.6. The van der Waals surface area contributed by atoms with Gasteiger partial charge in [0.1, 0.15) is 4.70 Å². The van der Waals surface area contributed by atoms with E-state index >= 15 is 0 Å². The van der Waals surface area contributed by atoms with Crippen LogP contribution in [0.2, 0.25) is 0 Å². The highest BCUT2D eigenvalue weighted by molar-refractivity contribution is 7.18. The molecule has 86 valence electrons. The molecule has 0 N–H and O–H groups in total. The summed E-state index contributed by atoms with van der Waals surface area (Å²) in [6, 6.07) is 7.29. The fourth-order valence-corrected chi connectivity index (χ4v) is 3.38. The van der Waals surface area contributed by atoms with E-state index in [1.807, 2.05) is 11.3 Å². The molecule has 2 aromatic rings. The minimum Gasteiger partial charge on any atom is -0.184 e. The molecule has 0 saturated carbocycles. The average molecular weight is 234 g/mol. The summed E-state index contributed by atoms with van der Waals surface area (Å²) in [6.45, 7) is 11.2. The number of aryl methyl sites for hydroxylation is 1. The number of hydrogen-bond acceptors (Lipinski definition) is 1. The van der Waals surface area contributed by atoms with Crippen molar-refractivity contribution in [1.29, 1.82) is 0 Å². The standard InChI is InChI=1S/C14H20NS/c1-9(2)14-15(10(3)4)12-8-11(5)6-7-13(12)16-14/h6-10H,1-5H3/q+1. The van der Waals surface area contributed by atoms with E-state index in [1.54, 1.807) is 0 Å². The number of thiazole rings is 1. The van der Waals surface area contributed by atoms with Crippen LogP contribution in [0.1, 0.15) is 50.2 Å². The first-order valence-corrected chi connectivity index (χ1v) is 6.77. The van der Waals surface area contributed by atoms with Crippen LogP contribution in [-0.4, -0.2) is 0 Å². The van der Waals surface area contributed by atoms with Crippen molar-refractivity contribution in [2.45, 2.75) is 46.6 Å². The Labute approximate surface area is 102 Å². The smallest absolute Gasteiger partial charge is 0.184 e. The molecule has 2 rings (SSSR count). The average Bonchev–Trinajstić information content (AvgIpc) is 2.55. The van der Waals surface area contributed by atoms with E-state index in [2.05, 4.69) is 57.4 Å². The van der Waals surface area contributed by atoms with Gasteiger partial charge in [-0.1, -0.05) is 31.3 Å². The second-order valence-electron chi connectivity index (χ2n) is 5.03. The van der Waals surface area contributed by atoms with Crippen LogP contribution in [0.4, 0.5) is 0 Å². The molecule has 0 aliphatic carbocycles. The Morgan fingerprint density at radius 2 is 1.81 bits per heavy atom. The van der Waals surface area contributed by atoms with Gasteiger partial charge in [-0.3, -0.25) is 0 Å². The van der Waals surface area contributed by atoms with Crippen molar-refractivity contribution < 1.29 is 4.57 Å². The predicted octanol–water partition coefficient (Wildman–Crippen LogP) is 4.20. The molecule has 0 unspecified atom stereocenters. The van der Waals surface area contributed by atoms with Crippen LogP contribution in [-0.2, 0) is 0 Å². The number of aromatic nitrogens is 1. The molecule has 1 aromatic heterocycles. The molecule has 1 aromatic carbocycles. The molecule has 16 heavy (non-hydrogen) atoms. The zero-order chi connectivity index (χ0) is 11.9. The summed E-state index contributed by atoms with van der Waals surface area (Å²) >= 11 is 1.93. The van der Waals surface area contributed by atoms with Gasteiger partial charge in [0.25, 0.3) is 0 Å². The van der Waals surface area contributed by atoms with Crippen molar-refractivity contribution in [2.75, 3.05) is 0 Å². The van der Waals surface area contributed by atoms with Crippen LogP contribution < -0.4 is 4.57 Å². The topological polar surface area (TPSA) is 3.88 Å². The summed E-state index contributed by atoms with van der Waals surface area (Å²) in [5.41, 5.74) is 2.73. The Hall–Kier alpha value is -0.890. The van der Waals surface area contributed by atoms with Gasteiger partial charge in [0.15, 0.2) is 6.04 Å². The molecule has 0 amide bonds. The van der Waals surface area contributed by atoms with Gasteiger partial charge in [-0.2, -0.15) is 4.57 Å². The molecule has 0 radical (unpaired) electrons. The summed E-state index contributed by atoms with van der Waals surface area (Å²) in [5.74, 6) is 0.597. The van der Waals surface area contributed by atoms with Gasteiger partial charge in [0.05, 0.1) is 0 Å². The molecule has 1 nitrogen and oxygen atoms in total. The summed E-state index contributed by atoms with van der Waals surface area (Å²) < 4.78 is 3.89. The van der Waals surface area contributed by atoms with Gasteiger partial charge < -0.3 is 0 Å². The molecule has 0 aliphatic rings. The summed E-state index contributed by atoms with van der Waals surface area (Å²) in [4.78, 5) is 0. The van der Waals surface area contributed by atoms with Crippen molar-refractivity contribution >= 4 is 21.6 Å². The quantitative estimate of drug-likeness (QED) is 0.686. The molecule has 0 bridgehead atoms. The number of benzene rings is 1. The number of nitrogens with zero attached hydrogens (tertiary/aromatic N) is 1. The second-order valence-corrected chi connectivity index (χ2v) is 6.09. The fourth-order valence-electron chi connectivity index (χ4n) is 2.11. The monoisotopic (exact) mass is 234 g/mol. The molecular weight excluding hydrogens is 214 g/mol. The largest absolute Gasteiger partial charge is 0.241 e. The molecule has 0 atom stereocenters. The first-order chi connectivity index (χ1) is 7.50. The maximum absolute atomic E-state index is 2.48. The van der Waals surface area contributed by atoms with Gasteiger partial charge in [-0.15, -0.1) is 0 Å². The molecule has 2 heteroatoms. The fraction of sp³-hybridized carbons (Fsp3) is 0.500. The highest BCUT2D eigenvalue weighted by atomic mass is 32.1. The van der Waals surface area contributed by atoms with Gasteiger partial charge >= 0.3 is 0 Å². The van der Waals surface area contributed by atoms with E-state index in [0.717, 1.165) is 0 Å². The molecular formula is C14H20NS+. The molecule has 0 saturated heterocycles. The molecule has 0 aliphatic heterocycles. The lowest BCUT2D eigenvalue weighted by molar-refractivity contribution is -0.695. The maximum Gasteiger partial charge on any atom is 0.241 e. The van der Waals surface area contributed by atoms with Crippen LogP contribution in [0.15, 0.2) is 18.2 Å². The lowest BCUT2D eigenvalue weighted by Gasteiger charge is -2.04. The Kier molecular flexibility index (Phi) is 3.02. The van der Waals surface area contributed by atoms with Gasteiger partial charge in [-0.05, 0) is 32.4 Å². The predicted molar refractivity (Wildman–Crippen MR) is 71.2 cm³/mol. The van der Waals surface area contributed by atoms with E-state index < -0.39 is 0 Å². The van der Waals surface area contributed by atoms with Crippen LogP contribution in [0.25, 0.3) is 10.2 Å². The highest BCUT2D eigenvalue weighted by Gasteiger charge is 2.25. The van der Waals surface area contributed by atoms with E-state index in [-0.39, 0.29) is 0 Å². The normalized spacial score (nSPS) is 11.9. The van der Waals surface area contributed by atoms with Crippen LogP contribution >= 0.6 is 11.3 Å². The highest BCUT2D eigenvalue weighted by Crippen LogP contribution is 2.27. The zero-order valence-electron chi connectivity index (χ0n) is 10.7. The third kappa shape index (κ3) is 1.86. The third-order valence-electron chi connectivity index (χ3n) is 2.84. The number of fused-ring (bicyclic) bond motifs is 1. The molecule has 0 fully saturated rings. The minimum absolute atomic E-state index is 0.535. The Bertz CT molecular complexity index is 509. The number of hydrogen-bond donors (Lipinski definition) is 0. The van der Waals surface area contributed by atoms with E-state index in [9.17, 15) is 0 Å². The molecule has 0 spiro atoms. The number of rotatable bonds is 2. The van der Waals surface area contributed by atoms with Crippen molar-refractivity contribution in [3.05, 3.63) is 28.8 Å². The third-order valence-corrected chi connectivity index (χ3v) is 4.28. The lowest BCUT2D eigenvalue weighted by Crippen LogP contribution is -2.39. The minimum atomic E-state index is 0.535. The van der Waals surface area contributed by atoms with Crippen molar-refractivity contribution in [3.8, 4) is 0 Å². The SMILES string of the molecule is Cc1ccc2sc(C(C)C)[n+](C(C)C)c2c1. The van der Waals surface area contributed by atoms with Crippen molar-refractivity contribution in [1.82, 2.24) is 0 Å². The van der Waals surface area contributed by atoms with Gasteiger partial charge in [0.2, 0.25) is 10.5 Å². The first-order valence-electron chi connectivity index (χ1n) is 5.95.